The number of aromatic amines is 1. The minimum absolute atomic E-state index is 0.0122. The van der Waals surface area contributed by atoms with E-state index in [0.29, 0.717) is 55.3 Å². The number of nitrogens with two attached hydrogens (primary N) is 2. The standard InChI is InChI=1S/C34H39N11O7/c1-2-50-34-39-27-12-7-11-26(31(46)38-28(13-8-18-37-33(35)36)32(47)51-19-5-6-20-52-45(48)49)29(27)44(34)21-22-14-16-23(17-15-22)24-9-3-4-10-25(24)30-40-42-43-41-30/h3-4,7,9-12,14-17,28H,2,5-6,8,13,18-21H2,1H3,(H,38,46)(H4,35,36,37)(H,40,41,42,43). The molecule has 0 spiro atoms. The molecule has 1 amide bonds. The third-order valence-electron chi connectivity index (χ3n) is 7.88. The van der Waals surface area contributed by atoms with Gasteiger partial charge in [-0.15, -0.1) is 20.3 Å². The number of H-pyrrole nitrogens is 1. The normalized spacial score (nSPS) is 11.5. The lowest BCUT2D eigenvalue weighted by atomic mass is 9.98. The highest BCUT2D eigenvalue weighted by atomic mass is 16.9. The number of para-hydroxylation sites is 1. The lowest BCUT2D eigenvalue weighted by Crippen LogP contribution is -2.42. The molecule has 0 saturated carbocycles. The Morgan fingerprint density at radius 1 is 1.02 bits per heavy atom. The topological polar surface area (TPSA) is 254 Å². The molecule has 0 aliphatic rings. The molecule has 0 saturated heterocycles. The van der Waals surface area contributed by atoms with Gasteiger partial charge in [-0.05, 0) is 66.6 Å². The Hall–Kier alpha value is -6.59. The van der Waals surface area contributed by atoms with Crippen LogP contribution in [0.5, 0.6) is 6.01 Å². The predicted molar refractivity (Wildman–Crippen MR) is 189 cm³/mol. The quantitative estimate of drug-likeness (QED) is 0.0240. The molecule has 2 aromatic heterocycles. The minimum atomic E-state index is -1.03. The Kier molecular flexibility index (Phi) is 12.6. The van der Waals surface area contributed by atoms with Crippen molar-refractivity contribution in [1.82, 2.24) is 35.5 Å². The monoisotopic (exact) mass is 713 g/mol. The third-order valence-corrected chi connectivity index (χ3v) is 7.88. The lowest BCUT2D eigenvalue weighted by Gasteiger charge is -2.18. The number of aromatic nitrogens is 6. The first kappa shape index (κ1) is 36.7. The molecular weight excluding hydrogens is 674 g/mol. The molecule has 1 unspecified atom stereocenters. The number of carbonyl (C=O) groups is 2. The molecule has 5 aromatic rings. The first-order valence-electron chi connectivity index (χ1n) is 16.6. The summed E-state index contributed by atoms with van der Waals surface area (Å²) in [5.41, 5.74) is 15.9. The Labute approximate surface area is 297 Å². The van der Waals surface area contributed by atoms with Crippen molar-refractivity contribution in [1.29, 1.82) is 0 Å². The number of guanidine groups is 1. The summed E-state index contributed by atoms with van der Waals surface area (Å²) in [4.78, 5) is 50.4. The molecule has 18 nitrogen and oxygen atoms in total. The number of hydrogen-bond donors (Lipinski definition) is 4. The molecule has 52 heavy (non-hydrogen) atoms. The number of rotatable bonds is 19. The van der Waals surface area contributed by atoms with E-state index in [4.69, 9.17) is 20.9 Å². The molecule has 0 aliphatic heterocycles. The van der Waals surface area contributed by atoms with Crippen molar-refractivity contribution in [3.63, 3.8) is 0 Å². The van der Waals surface area contributed by atoms with E-state index in [1.807, 2.05) is 60.0 Å². The molecule has 2 heterocycles. The van der Waals surface area contributed by atoms with Crippen molar-refractivity contribution in [3.05, 3.63) is 88.0 Å². The summed E-state index contributed by atoms with van der Waals surface area (Å²) in [6.45, 7) is 2.63. The number of hydrogen-bond acceptors (Lipinski definition) is 12. The van der Waals surface area contributed by atoms with Crippen LogP contribution in [0.3, 0.4) is 0 Å². The minimum Gasteiger partial charge on any atom is -0.465 e. The highest BCUT2D eigenvalue weighted by Gasteiger charge is 2.26. The van der Waals surface area contributed by atoms with Gasteiger partial charge in [-0.3, -0.25) is 14.4 Å². The molecule has 272 valence electrons. The number of tetrazole rings is 1. The van der Waals surface area contributed by atoms with Crippen LogP contribution < -0.4 is 21.5 Å². The summed E-state index contributed by atoms with van der Waals surface area (Å²) in [7, 11) is 0. The molecule has 0 fully saturated rings. The molecule has 5 rings (SSSR count). The van der Waals surface area contributed by atoms with Gasteiger partial charge >= 0.3 is 5.97 Å². The Bertz CT molecular complexity index is 1990. The van der Waals surface area contributed by atoms with Crippen LogP contribution in [0.15, 0.2) is 71.7 Å². The third kappa shape index (κ3) is 9.55. The van der Waals surface area contributed by atoms with Crippen LogP contribution in [0.4, 0.5) is 0 Å². The second-order valence-electron chi connectivity index (χ2n) is 11.5. The summed E-state index contributed by atoms with van der Waals surface area (Å²) in [5.74, 6) is -0.786. The molecule has 0 aliphatic carbocycles. The zero-order valence-corrected chi connectivity index (χ0v) is 28.4. The van der Waals surface area contributed by atoms with E-state index in [1.165, 1.54) is 0 Å². The zero-order valence-electron chi connectivity index (χ0n) is 28.4. The van der Waals surface area contributed by atoms with Crippen LogP contribution in [0, 0.1) is 10.1 Å². The van der Waals surface area contributed by atoms with Crippen molar-refractivity contribution < 1.29 is 29.0 Å². The number of carbonyl (C=O) groups excluding carboxylic acids is 2. The Balaban J connectivity index is 1.37. The van der Waals surface area contributed by atoms with Gasteiger partial charge in [0.1, 0.15) is 6.04 Å². The van der Waals surface area contributed by atoms with Crippen molar-refractivity contribution in [2.24, 2.45) is 16.5 Å². The fraction of sp³-hybridized carbons (Fsp3) is 0.324. The van der Waals surface area contributed by atoms with Crippen LogP contribution in [-0.4, -0.2) is 85.5 Å². The van der Waals surface area contributed by atoms with Gasteiger partial charge in [0.25, 0.3) is 17.0 Å². The van der Waals surface area contributed by atoms with Gasteiger partial charge in [-0.1, -0.05) is 54.6 Å². The molecule has 0 bridgehead atoms. The number of fused-ring (bicyclic) bond motifs is 1. The summed E-state index contributed by atoms with van der Waals surface area (Å²) >= 11 is 0. The van der Waals surface area contributed by atoms with Crippen LogP contribution in [0.1, 0.15) is 48.5 Å². The second-order valence-corrected chi connectivity index (χ2v) is 11.5. The summed E-state index contributed by atoms with van der Waals surface area (Å²) in [5, 5.41) is 26.7. The van der Waals surface area contributed by atoms with Crippen LogP contribution in [0.2, 0.25) is 0 Å². The van der Waals surface area contributed by atoms with E-state index in [9.17, 15) is 19.7 Å². The molecule has 0 radical (unpaired) electrons. The maximum Gasteiger partial charge on any atom is 0.328 e. The van der Waals surface area contributed by atoms with Gasteiger partial charge < -0.3 is 31.1 Å². The van der Waals surface area contributed by atoms with Gasteiger partial charge in [0, 0.05) is 12.1 Å². The Morgan fingerprint density at radius 2 is 1.79 bits per heavy atom. The second kappa shape index (κ2) is 17.9. The number of ether oxygens (including phenoxy) is 2. The summed E-state index contributed by atoms with van der Waals surface area (Å²) in [6, 6.07) is 20.2. The molecule has 18 heteroatoms. The van der Waals surface area contributed by atoms with Gasteiger partial charge in [-0.25, -0.2) is 4.79 Å². The first-order chi connectivity index (χ1) is 25.2. The van der Waals surface area contributed by atoms with E-state index >= 15 is 0 Å². The van der Waals surface area contributed by atoms with E-state index in [1.54, 1.807) is 18.2 Å². The fourth-order valence-electron chi connectivity index (χ4n) is 5.52. The number of unbranched alkanes of at least 4 members (excludes halogenated alkanes) is 1. The smallest absolute Gasteiger partial charge is 0.328 e. The first-order valence-corrected chi connectivity index (χ1v) is 16.6. The van der Waals surface area contributed by atoms with Crippen molar-refractivity contribution in [2.75, 3.05) is 26.4 Å². The van der Waals surface area contributed by atoms with Gasteiger partial charge in [0.2, 0.25) is 5.82 Å². The lowest BCUT2D eigenvalue weighted by molar-refractivity contribution is -0.757. The van der Waals surface area contributed by atoms with Gasteiger partial charge in [0.15, 0.2) is 5.96 Å². The predicted octanol–water partition coefficient (Wildman–Crippen LogP) is 3.01. The van der Waals surface area contributed by atoms with E-state index in [2.05, 4.69) is 40.8 Å². The van der Waals surface area contributed by atoms with Crippen LogP contribution in [0.25, 0.3) is 33.5 Å². The van der Waals surface area contributed by atoms with Gasteiger partial charge in [0.05, 0.1) is 43.0 Å². The number of imidazole rings is 1. The number of benzene rings is 3. The van der Waals surface area contributed by atoms with Crippen molar-refractivity contribution in [3.8, 4) is 28.5 Å². The average molecular weight is 714 g/mol. The molecule has 3 aromatic carbocycles. The van der Waals surface area contributed by atoms with Crippen LogP contribution >= 0.6 is 0 Å². The highest BCUT2D eigenvalue weighted by molar-refractivity contribution is 6.06. The number of aliphatic imine (C=N–C) groups is 1. The summed E-state index contributed by atoms with van der Waals surface area (Å²) in [6.07, 6.45) is 1.20. The summed E-state index contributed by atoms with van der Waals surface area (Å²) < 4.78 is 13.2. The fourth-order valence-corrected chi connectivity index (χ4v) is 5.52. The Morgan fingerprint density at radius 3 is 2.50 bits per heavy atom. The zero-order chi connectivity index (χ0) is 36.9. The van der Waals surface area contributed by atoms with Crippen molar-refractivity contribution >= 4 is 28.9 Å². The maximum absolute atomic E-state index is 13.9. The number of nitrogens with one attached hydrogen (secondary N) is 2. The number of amides is 1. The number of esters is 1. The molecular formula is C34H39N11O7. The molecule has 1 atom stereocenters. The SMILES string of the molecule is CCOc1nc2cccc(C(=O)NC(CCCN=C(N)N)C(=O)OCCCCO[N+](=O)[O-])c2n1Cc1ccc(-c2ccccc2-c2nn[nH]n2)cc1. The number of nitrogens with zero attached hydrogens (tertiary/aromatic N) is 7. The van der Waals surface area contributed by atoms with Crippen LogP contribution in [-0.2, 0) is 20.9 Å². The van der Waals surface area contributed by atoms with E-state index in [-0.39, 0.29) is 37.7 Å². The maximum atomic E-state index is 13.9. The highest BCUT2D eigenvalue weighted by Crippen LogP contribution is 2.31. The average Bonchev–Trinajstić information content (AvgIpc) is 3.80. The van der Waals surface area contributed by atoms with Gasteiger partial charge in [-0.2, -0.15) is 10.2 Å². The van der Waals surface area contributed by atoms with Crippen molar-refractivity contribution in [2.45, 2.75) is 45.2 Å². The van der Waals surface area contributed by atoms with E-state index < -0.39 is 23.0 Å². The largest absolute Gasteiger partial charge is 0.465 e. The molecule has 6 N–H and O–H groups in total. The van der Waals surface area contributed by atoms with E-state index in [0.717, 1.165) is 22.3 Å².